The first-order valence-corrected chi connectivity index (χ1v) is 23.8. The zero-order valence-corrected chi connectivity index (χ0v) is 33.3. The molecule has 0 unspecified atom stereocenters. The van der Waals surface area contributed by atoms with Gasteiger partial charge in [-0.25, -0.2) is 7.42 Å². The average molecular weight is 789 g/mol. The minimum Gasteiger partial charge on any atom is -0.259 e. The van der Waals surface area contributed by atoms with Gasteiger partial charge in [0.05, 0.1) is 4.58 Å². The van der Waals surface area contributed by atoms with Crippen LogP contribution in [0, 0.1) is 0 Å². The smallest absolute Gasteiger partial charge is 0.259 e. The monoisotopic (exact) mass is 788 g/mol. The Kier molecular flexibility index (Phi) is 19.6. The highest BCUT2D eigenvalue weighted by Gasteiger charge is 2.24. The van der Waals surface area contributed by atoms with Gasteiger partial charge in [-0.05, 0) is 76.5 Å². The molecule has 4 nitrogen and oxygen atoms in total. The van der Waals surface area contributed by atoms with Gasteiger partial charge in [0.25, 0.3) is 0 Å². The van der Waals surface area contributed by atoms with Crippen LogP contribution >= 0.6 is 91.0 Å². The van der Waals surface area contributed by atoms with Crippen LogP contribution in [-0.4, -0.2) is 22.5 Å². The molecule has 12 heteroatoms. The number of carbonyl (C=O) groups is 2. The Morgan fingerprint density at radius 2 is 0.812 bits per heavy atom. The fourth-order valence-electron chi connectivity index (χ4n) is 4.04. The molecule has 0 aromatic heterocycles. The SMILES string of the molecule is CCCCCC(SSC(=O)N(SCc1ccccc1)SCc1ccccc1)SSC(=O)N(SCc1ccccc1)SCc1ccccc1. The van der Waals surface area contributed by atoms with Gasteiger partial charge < -0.3 is 0 Å². The number of unbranched alkanes of at least 4 members (excludes halogenated alkanes) is 2. The predicted octanol–water partition coefficient (Wildman–Crippen LogP) is 13.9. The van der Waals surface area contributed by atoms with Crippen molar-refractivity contribution in [3.8, 4) is 0 Å². The maximum absolute atomic E-state index is 13.6. The molecule has 0 radical (unpaired) electrons. The van der Waals surface area contributed by atoms with Crippen LogP contribution in [0.3, 0.4) is 0 Å². The highest BCUT2D eigenvalue weighted by Crippen LogP contribution is 2.47. The summed E-state index contributed by atoms with van der Waals surface area (Å²) in [7, 11) is 5.74. The van der Waals surface area contributed by atoms with Gasteiger partial charge in [0, 0.05) is 44.6 Å². The third kappa shape index (κ3) is 15.7. The van der Waals surface area contributed by atoms with Crippen LogP contribution in [0.5, 0.6) is 0 Å². The maximum Gasteiger partial charge on any atom is 0.312 e. The van der Waals surface area contributed by atoms with E-state index in [0.29, 0.717) is 0 Å². The molecule has 0 atom stereocenters. The number of nitrogens with zero attached hydrogens (tertiary/aromatic N) is 2. The third-order valence-electron chi connectivity index (χ3n) is 6.56. The van der Waals surface area contributed by atoms with E-state index in [0.717, 1.165) is 48.7 Å². The summed E-state index contributed by atoms with van der Waals surface area (Å²) in [5.74, 6) is 2.87. The van der Waals surface area contributed by atoms with Crippen molar-refractivity contribution >= 4 is 101 Å². The van der Waals surface area contributed by atoms with Crippen LogP contribution < -0.4 is 0 Å². The van der Waals surface area contributed by atoms with Gasteiger partial charge >= 0.3 is 10.5 Å². The molecule has 0 N–H and O–H groups in total. The summed E-state index contributed by atoms with van der Waals surface area (Å²) in [5.41, 5.74) is 4.73. The lowest BCUT2D eigenvalue weighted by Crippen LogP contribution is -2.13. The second kappa shape index (κ2) is 23.9. The van der Waals surface area contributed by atoms with E-state index in [9.17, 15) is 9.59 Å². The predicted molar refractivity (Wildman–Crippen MR) is 224 cm³/mol. The van der Waals surface area contributed by atoms with Crippen molar-refractivity contribution in [2.24, 2.45) is 0 Å². The van der Waals surface area contributed by atoms with Gasteiger partial charge in [-0.3, -0.25) is 9.59 Å². The van der Waals surface area contributed by atoms with E-state index in [1.807, 2.05) is 80.2 Å². The first-order valence-electron chi connectivity index (χ1n) is 15.6. The fourth-order valence-corrected chi connectivity index (χ4v) is 14.3. The molecule has 254 valence electrons. The van der Waals surface area contributed by atoms with Gasteiger partial charge in [-0.1, -0.05) is 169 Å². The topological polar surface area (TPSA) is 40.6 Å². The molecule has 48 heavy (non-hydrogen) atoms. The summed E-state index contributed by atoms with van der Waals surface area (Å²) in [4.78, 5) is 27.3. The second-order valence-electron chi connectivity index (χ2n) is 10.4. The van der Waals surface area contributed by atoms with Crippen molar-refractivity contribution in [3.05, 3.63) is 144 Å². The minimum absolute atomic E-state index is 0.0118. The van der Waals surface area contributed by atoms with E-state index in [4.69, 9.17) is 0 Å². The van der Waals surface area contributed by atoms with Crippen molar-refractivity contribution in [2.45, 2.75) is 60.2 Å². The molecule has 4 aromatic carbocycles. The lowest BCUT2D eigenvalue weighted by molar-refractivity contribution is 0.258. The number of benzene rings is 4. The Hall–Kier alpha value is -1.38. The van der Waals surface area contributed by atoms with Crippen LogP contribution in [0.25, 0.3) is 0 Å². The number of hydrogen-bond acceptors (Lipinski definition) is 10. The van der Waals surface area contributed by atoms with Crippen LogP contribution in [0.1, 0.15) is 54.9 Å². The molecule has 0 spiro atoms. The van der Waals surface area contributed by atoms with E-state index >= 15 is 0 Å². The summed E-state index contributed by atoms with van der Waals surface area (Å²) in [5, 5.41) is 0.0236. The molecule has 0 aliphatic rings. The molecule has 0 saturated heterocycles. The summed E-state index contributed by atoms with van der Waals surface area (Å²) in [6, 6.07) is 41.0. The second-order valence-corrected chi connectivity index (χ2v) is 19.5. The zero-order valence-electron chi connectivity index (χ0n) is 26.8. The number of carbonyl (C=O) groups excluding carboxylic acids is 2. The van der Waals surface area contributed by atoms with E-state index < -0.39 is 0 Å². The lowest BCUT2D eigenvalue weighted by atomic mass is 10.2. The fraction of sp³-hybridized carbons (Fsp3) is 0.278. The molecule has 0 aliphatic carbocycles. The average Bonchev–Trinajstić information content (AvgIpc) is 3.14. The summed E-state index contributed by atoms with van der Waals surface area (Å²) in [6.45, 7) is 2.20. The number of amides is 2. The molecular formula is C36H40N2O2S8. The highest BCUT2D eigenvalue weighted by atomic mass is 33.1. The molecular weight excluding hydrogens is 749 g/mol. The van der Waals surface area contributed by atoms with E-state index in [2.05, 4.69) is 55.5 Å². The minimum atomic E-state index is 0.0118. The van der Waals surface area contributed by atoms with E-state index in [1.54, 1.807) is 21.6 Å². The van der Waals surface area contributed by atoms with Crippen LogP contribution in [0.4, 0.5) is 9.59 Å². The molecule has 2 amide bonds. The number of hydrogen-bond donors (Lipinski definition) is 0. The Morgan fingerprint density at radius 1 is 0.500 bits per heavy atom. The lowest BCUT2D eigenvalue weighted by Gasteiger charge is -2.22. The van der Waals surface area contributed by atoms with Crippen LogP contribution in [0.15, 0.2) is 121 Å². The summed E-state index contributed by atoms with van der Waals surface area (Å²) >= 11 is 6.16. The van der Waals surface area contributed by atoms with E-state index in [1.165, 1.54) is 91.6 Å². The molecule has 0 saturated carbocycles. The Balaban J connectivity index is 1.35. The quantitative estimate of drug-likeness (QED) is 0.0374. The van der Waals surface area contributed by atoms with Crippen LogP contribution in [-0.2, 0) is 23.0 Å². The normalized spacial score (nSPS) is 11.0. The van der Waals surface area contributed by atoms with Crippen molar-refractivity contribution in [1.29, 1.82) is 0 Å². The van der Waals surface area contributed by atoms with Crippen molar-refractivity contribution in [3.63, 3.8) is 0 Å². The Labute approximate surface area is 319 Å². The Morgan fingerprint density at radius 3 is 1.10 bits per heavy atom. The zero-order chi connectivity index (χ0) is 33.7. The van der Waals surface area contributed by atoms with Gasteiger partial charge in [-0.15, -0.1) is 0 Å². The summed E-state index contributed by atoms with van der Waals surface area (Å²) in [6.07, 6.45) is 4.26. The largest absolute Gasteiger partial charge is 0.312 e. The molecule has 0 bridgehead atoms. The van der Waals surface area contributed by atoms with Gasteiger partial charge in [0.1, 0.15) is 0 Å². The van der Waals surface area contributed by atoms with Crippen molar-refractivity contribution in [1.82, 2.24) is 7.42 Å². The molecule has 0 aliphatic heterocycles. The van der Waals surface area contributed by atoms with Gasteiger partial charge in [0.15, 0.2) is 0 Å². The molecule has 0 fully saturated rings. The first-order chi connectivity index (χ1) is 23.6. The molecule has 4 rings (SSSR count). The van der Waals surface area contributed by atoms with E-state index in [-0.39, 0.29) is 15.1 Å². The highest BCUT2D eigenvalue weighted by molar-refractivity contribution is 8.90. The van der Waals surface area contributed by atoms with Crippen molar-refractivity contribution in [2.75, 3.05) is 0 Å². The van der Waals surface area contributed by atoms with Crippen LogP contribution in [0.2, 0.25) is 0 Å². The van der Waals surface area contributed by atoms with Gasteiger partial charge in [0.2, 0.25) is 0 Å². The Bertz CT molecular complexity index is 1260. The van der Waals surface area contributed by atoms with Gasteiger partial charge in [-0.2, -0.15) is 0 Å². The third-order valence-corrected chi connectivity index (χ3v) is 17.6. The summed E-state index contributed by atoms with van der Waals surface area (Å²) < 4.78 is 3.75. The number of rotatable bonds is 20. The maximum atomic E-state index is 13.6. The standard InChI is InChI=1S/C36H40N2O2S8/c1-2-3-8-25-34(45-47-35(39)37(41-26-30-17-9-4-10-18-30)42-27-31-19-11-5-12-20-31)46-48-36(40)38(43-28-32-21-13-6-14-22-32)44-29-33-23-15-7-16-24-33/h4-7,9-24,34H,2-3,8,25-29H2,1H3. The van der Waals surface area contributed by atoms with Crippen molar-refractivity contribution < 1.29 is 9.59 Å². The molecule has 4 aromatic rings. The molecule has 0 heterocycles. The first kappa shape index (κ1) is 39.4.